The van der Waals surface area contributed by atoms with E-state index in [0.29, 0.717) is 18.3 Å². The molecule has 0 aromatic carbocycles. The molecule has 0 saturated heterocycles. The van der Waals surface area contributed by atoms with Crippen LogP contribution in [0.4, 0.5) is 0 Å². The monoisotopic (exact) mass is 514 g/mol. The van der Waals surface area contributed by atoms with Crippen molar-refractivity contribution in [2.24, 2.45) is 5.92 Å². The fraction of sp³-hybridized carbons (Fsp3) is 1.00. The third-order valence-electron chi connectivity index (χ3n) is 4.46. The van der Waals surface area contributed by atoms with Crippen molar-refractivity contribution in [2.45, 2.75) is 76.1 Å². The third kappa shape index (κ3) is 17.6. The van der Waals surface area contributed by atoms with E-state index in [1.54, 1.807) is 0 Å². The van der Waals surface area contributed by atoms with Gasteiger partial charge in [-0.25, -0.2) is 0 Å². The average molecular weight is 515 g/mol. The molecule has 0 aliphatic carbocycles. The molecular formula is C20H46O9Si3. The maximum absolute atomic E-state index is 12.3. The summed E-state index contributed by atoms with van der Waals surface area (Å²) in [6.45, 7) is 12.8. The first-order chi connectivity index (χ1) is 14.8. The molecule has 5 unspecified atom stereocenters. The van der Waals surface area contributed by atoms with Gasteiger partial charge in [0.15, 0.2) is 16.6 Å². The van der Waals surface area contributed by atoms with Crippen LogP contribution in [0.15, 0.2) is 0 Å². The molecule has 0 heterocycles. The Hall–Kier alpha value is 0.131. The van der Waals surface area contributed by atoms with E-state index in [2.05, 4.69) is 33.1 Å². The molecule has 4 N–H and O–H groups in total. The Morgan fingerprint density at radius 3 is 1.66 bits per heavy atom. The molecule has 32 heavy (non-hydrogen) atoms. The first-order valence-corrected chi connectivity index (χ1v) is 19.5. The van der Waals surface area contributed by atoms with Crippen LogP contribution >= 0.6 is 0 Å². The first kappa shape index (κ1) is 32.1. The van der Waals surface area contributed by atoms with Gasteiger partial charge < -0.3 is 43.2 Å². The molecule has 0 spiro atoms. The van der Waals surface area contributed by atoms with Gasteiger partial charge in [-0.3, -0.25) is 0 Å². The highest BCUT2D eigenvalue weighted by molar-refractivity contribution is 6.89. The van der Waals surface area contributed by atoms with Gasteiger partial charge in [-0.05, 0) is 44.2 Å². The second-order valence-corrected chi connectivity index (χ2v) is 21.3. The molecule has 0 aliphatic heterocycles. The number of rotatable bonds is 20. The molecule has 192 valence electrons. The van der Waals surface area contributed by atoms with E-state index < -0.39 is 50.2 Å². The van der Waals surface area contributed by atoms with Crippen LogP contribution in [0.2, 0.25) is 43.9 Å². The summed E-state index contributed by atoms with van der Waals surface area (Å²) in [6.07, 6.45) is -2.68. The summed E-state index contributed by atoms with van der Waals surface area (Å²) in [4.78, 5) is 0. The zero-order valence-electron chi connectivity index (χ0n) is 20.7. The third-order valence-corrected chi connectivity index (χ3v) is 15.8. The second kappa shape index (κ2) is 16.7. The maximum Gasteiger partial charge on any atom is 0.275 e. The minimum atomic E-state index is -2.11. The quantitative estimate of drug-likeness (QED) is 0.176. The van der Waals surface area contributed by atoms with E-state index in [-0.39, 0.29) is 39.0 Å². The lowest BCUT2D eigenvalue weighted by molar-refractivity contribution is -0.0686. The van der Waals surface area contributed by atoms with Gasteiger partial charge in [0.2, 0.25) is 0 Å². The maximum atomic E-state index is 12.3. The number of ether oxygens (including phenoxy) is 3. The van der Waals surface area contributed by atoms with Crippen molar-refractivity contribution in [3.63, 3.8) is 0 Å². The van der Waals surface area contributed by atoms with Crippen LogP contribution in [-0.2, 0) is 22.8 Å². The molecular weight excluding hydrogens is 468 g/mol. The Kier molecular flexibility index (Phi) is 16.8. The molecule has 9 nitrogen and oxygen atoms in total. The van der Waals surface area contributed by atoms with Gasteiger partial charge in [0, 0.05) is 12.3 Å². The number of hydrogen-bond acceptors (Lipinski definition) is 9. The molecule has 0 fully saturated rings. The van der Waals surface area contributed by atoms with E-state index in [0.717, 1.165) is 6.04 Å². The van der Waals surface area contributed by atoms with E-state index in [4.69, 9.17) is 28.5 Å². The van der Waals surface area contributed by atoms with Crippen LogP contribution in [0.3, 0.4) is 0 Å². The molecule has 12 heteroatoms. The summed E-state index contributed by atoms with van der Waals surface area (Å²) in [5.74, 6) is 0.232. The molecule has 0 radical (unpaired) electrons. The van der Waals surface area contributed by atoms with E-state index in [1.165, 1.54) is 0 Å². The minimum Gasteiger partial charge on any atom is -0.455 e. The van der Waals surface area contributed by atoms with Crippen LogP contribution in [0.1, 0.15) is 13.8 Å². The standard InChI is InChI=1S/C20H46O9Si3/c1-7-30(25)16-32(6,29-31(3,4)5)15-17(2)9-26-11-19(23)13-28-14-20(24)12-27-10-18(22)8-21/h17-24H,7-16H2,1-6H3. The van der Waals surface area contributed by atoms with Gasteiger partial charge in [-0.15, -0.1) is 0 Å². The van der Waals surface area contributed by atoms with Crippen LogP contribution in [0.25, 0.3) is 0 Å². The predicted octanol–water partition coefficient (Wildman–Crippen LogP) is 1.16. The highest BCUT2D eigenvalue weighted by atomic mass is 28.4. The summed E-state index contributed by atoms with van der Waals surface area (Å²) in [5.41, 5.74) is 0.713. The normalized spacial score (nSPS) is 18.1. The van der Waals surface area contributed by atoms with Crippen LogP contribution in [0.5, 0.6) is 0 Å². The van der Waals surface area contributed by atoms with Crippen molar-refractivity contribution in [1.82, 2.24) is 0 Å². The summed E-state index contributed by atoms with van der Waals surface area (Å²) < 4.78 is 34.8. The number of aliphatic hydroxyl groups excluding tert-OH is 4. The second-order valence-electron chi connectivity index (χ2n) is 9.80. The molecule has 5 atom stereocenters. The highest BCUT2D eigenvalue weighted by Gasteiger charge is 2.37. The first-order valence-electron chi connectivity index (χ1n) is 11.4. The van der Waals surface area contributed by atoms with Crippen molar-refractivity contribution in [3.05, 3.63) is 0 Å². The summed E-state index contributed by atoms with van der Waals surface area (Å²) in [7, 11) is -5.45. The topological polar surface area (TPSA) is 135 Å². The lowest BCUT2D eigenvalue weighted by atomic mass is 10.2. The zero-order valence-corrected chi connectivity index (χ0v) is 23.7. The highest BCUT2D eigenvalue weighted by Crippen LogP contribution is 2.27. The SMILES string of the molecule is CC[Si](=O)C[Si](C)(CC(C)COCC(O)COCC(O)COCC(O)CO)O[Si](C)(C)C. The molecule has 0 rings (SSSR count). The Labute approximate surface area is 197 Å². The van der Waals surface area contributed by atoms with E-state index >= 15 is 0 Å². The van der Waals surface area contributed by atoms with Crippen LogP contribution in [-0.4, -0.2) is 110 Å². The molecule has 0 amide bonds. The van der Waals surface area contributed by atoms with Gasteiger partial charge in [0.05, 0.1) is 39.6 Å². The van der Waals surface area contributed by atoms with Gasteiger partial charge in [0.1, 0.15) is 18.3 Å². The zero-order chi connectivity index (χ0) is 24.8. The Morgan fingerprint density at radius 2 is 1.25 bits per heavy atom. The van der Waals surface area contributed by atoms with Crippen molar-refractivity contribution >= 4 is 25.3 Å². The van der Waals surface area contributed by atoms with E-state index in [1.807, 2.05) is 6.92 Å². The van der Waals surface area contributed by atoms with Crippen molar-refractivity contribution < 1.29 is 43.2 Å². The van der Waals surface area contributed by atoms with E-state index in [9.17, 15) is 14.7 Å². The summed E-state index contributed by atoms with van der Waals surface area (Å²) in [5, 5.41) is 37.6. The summed E-state index contributed by atoms with van der Waals surface area (Å²) >= 11 is 0. The molecule has 0 aromatic heterocycles. The lowest BCUT2D eigenvalue weighted by Crippen LogP contribution is -2.47. The van der Waals surface area contributed by atoms with Gasteiger partial charge in [0.25, 0.3) is 8.68 Å². The Morgan fingerprint density at radius 1 is 0.812 bits per heavy atom. The number of aliphatic hydroxyl groups is 4. The fourth-order valence-electron chi connectivity index (χ4n) is 3.46. The average Bonchev–Trinajstić information content (AvgIpc) is 2.65. The largest absolute Gasteiger partial charge is 0.455 e. The fourth-order valence-corrected chi connectivity index (χ4v) is 17.2. The molecule has 0 bridgehead atoms. The number of hydrogen-bond donors (Lipinski definition) is 4. The minimum absolute atomic E-state index is 0.0166. The Bertz CT molecular complexity index is 507. The van der Waals surface area contributed by atoms with Gasteiger partial charge in [-0.2, -0.15) is 0 Å². The van der Waals surface area contributed by atoms with Gasteiger partial charge >= 0.3 is 0 Å². The van der Waals surface area contributed by atoms with Crippen LogP contribution < -0.4 is 0 Å². The van der Waals surface area contributed by atoms with Gasteiger partial charge in [-0.1, -0.05) is 13.8 Å². The van der Waals surface area contributed by atoms with Crippen molar-refractivity contribution in [2.75, 3.05) is 46.2 Å². The molecule has 0 aromatic rings. The Balaban J connectivity index is 4.20. The predicted molar refractivity (Wildman–Crippen MR) is 129 cm³/mol. The smallest absolute Gasteiger partial charge is 0.275 e. The van der Waals surface area contributed by atoms with Crippen LogP contribution in [0, 0.1) is 5.92 Å². The molecule has 0 saturated carbocycles. The van der Waals surface area contributed by atoms with Crippen molar-refractivity contribution in [1.29, 1.82) is 0 Å². The van der Waals surface area contributed by atoms with Crippen molar-refractivity contribution in [3.8, 4) is 0 Å². The molecule has 0 aliphatic rings. The summed E-state index contributed by atoms with van der Waals surface area (Å²) in [6, 6.07) is 1.59. The lowest BCUT2D eigenvalue weighted by Gasteiger charge is -2.36.